The highest BCUT2D eigenvalue weighted by atomic mass is 19.4. The van der Waals surface area contributed by atoms with Crippen molar-refractivity contribution in [1.82, 2.24) is 0 Å². The molecule has 0 aliphatic heterocycles. The number of aryl methyl sites for hydroxylation is 1. The summed E-state index contributed by atoms with van der Waals surface area (Å²) in [6.45, 7) is 2.12. The van der Waals surface area contributed by atoms with Gasteiger partial charge in [-0.15, -0.1) is 13.2 Å². The Morgan fingerprint density at radius 1 is 0.688 bits per heavy atom. The van der Waals surface area contributed by atoms with Crippen molar-refractivity contribution >= 4 is 0 Å². The van der Waals surface area contributed by atoms with Gasteiger partial charge in [0.25, 0.3) is 0 Å². The minimum atomic E-state index is -5.12. The lowest BCUT2D eigenvalue weighted by molar-refractivity contribution is -0.275. The SMILES string of the molecule is CCCc1ccc(C#Cc2ccc(C#Cc3ccc(OC(F)(F)F)c(F)c3F)cc2)cc1. The Balaban J connectivity index is 1.72. The molecule has 0 spiro atoms. The van der Waals surface area contributed by atoms with Crippen LogP contribution in [0.25, 0.3) is 0 Å². The lowest BCUT2D eigenvalue weighted by atomic mass is 10.1. The summed E-state index contributed by atoms with van der Waals surface area (Å²) in [6, 6.07) is 16.5. The molecule has 0 aromatic heterocycles. The Hall–Kier alpha value is -3.77. The molecule has 0 unspecified atom stereocenters. The molecular formula is C26H17F5O. The van der Waals surface area contributed by atoms with Crippen molar-refractivity contribution in [2.24, 2.45) is 0 Å². The highest BCUT2D eigenvalue weighted by Crippen LogP contribution is 2.28. The molecule has 0 amide bonds. The lowest BCUT2D eigenvalue weighted by Gasteiger charge is -2.10. The number of alkyl halides is 3. The van der Waals surface area contributed by atoms with E-state index in [1.54, 1.807) is 24.3 Å². The zero-order valence-electron chi connectivity index (χ0n) is 17.0. The van der Waals surface area contributed by atoms with Crippen LogP contribution in [-0.4, -0.2) is 6.36 Å². The lowest BCUT2D eigenvalue weighted by Crippen LogP contribution is -2.18. The monoisotopic (exact) mass is 440 g/mol. The Morgan fingerprint density at radius 3 is 1.69 bits per heavy atom. The maximum atomic E-state index is 14.0. The van der Waals surface area contributed by atoms with E-state index in [4.69, 9.17) is 0 Å². The Labute approximate surface area is 182 Å². The topological polar surface area (TPSA) is 9.23 Å². The molecule has 32 heavy (non-hydrogen) atoms. The van der Waals surface area contributed by atoms with E-state index in [9.17, 15) is 22.0 Å². The molecule has 3 rings (SSSR count). The van der Waals surface area contributed by atoms with Gasteiger partial charge in [-0.25, -0.2) is 4.39 Å². The van der Waals surface area contributed by atoms with Crippen LogP contribution in [0.2, 0.25) is 0 Å². The summed E-state index contributed by atoms with van der Waals surface area (Å²) >= 11 is 0. The first-order valence-electron chi connectivity index (χ1n) is 9.72. The third-order valence-corrected chi connectivity index (χ3v) is 4.34. The minimum Gasteiger partial charge on any atom is -0.403 e. The van der Waals surface area contributed by atoms with Crippen LogP contribution in [0.15, 0.2) is 60.7 Å². The van der Waals surface area contributed by atoms with Crippen molar-refractivity contribution in [1.29, 1.82) is 0 Å². The van der Waals surface area contributed by atoms with Gasteiger partial charge < -0.3 is 4.74 Å². The Bertz CT molecular complexity index is 1200. The van der Waals surface area contributed by atoms with Crippen LogP contribution >= 0.6 is 0 Å². The molecule has 0 heterocycles. The van der Waals surface area contributed by atoms with E-state index >= 15 is 0 Å². The maximum Gasteiger partial charge on any atom is 0.573 e. The molecule has 0 saturated heterocycles. The molecule has 0 radical (unpaired) electrons. The van der Waals surface area contributed by atoms with Crippen LogP contribution in [0.5, 0.6) is 5.75 Å². The molecular weight excluding hydrogens is 423 g/mol. The fourth-order valence-electron chi connectivity index (χ4n) is 2.80. The van der Waals surface area contributed by atoms with E-state index in [0.717, 1.165) is 30.0 Å². The van der Waals surface area contributed by atoms with Gasteiger partial charge >= 0.3 is 6.36 Å². The van der Waals surface area contributed by atoms with Crippen LogP contribution in [0, 0.1) is 35.3 Å². The van der Waals surface area contributed by atoms with E-state index in [-0.39, 0.29) is 5.56 Å². The molecule has 0 aliphatic rings. The second-order valence-electron chi connectivity index (χ2n) is 6.81. The van der Waals surface area contributed by atoms with Crippen molar-refractivity contribution in [3.05, 3.63) is 100 Å². The average molecular weight is 440 g/mol. The number of halogens is 5. The average Bonchev–Trinajstić information content (AvgIpc) is 2.76. The second kappa shape index (κ2) is 10.0. The van der Waals surface area contributed by atoms with E-state index < -0.39 is 23.7 Å². The van der Waals surface area contributed by atoms with E-state index in [1.807, 2.05) is 12.1 Å². The fourth-order valence-corrected chi connectivity index (χ4v) is 2.80. The van der Waals surface area contributed by atoms with Crippen molar-refractivity contribution in [3.63, 3.8) is 0 Å². The van der Waals surface area contributed by atoms with Crippen LogP contribution in [0.1, 0.15) is 41.2 Å². The summed E-state index contributed by atoms with van der Waals surface area (Å²) in [5.74, 6) is 6.68. The molecule has 0 fully saturated rings. The standard InChI is InChI=1S/C26H17F5O/c1-2-3-18-4-6-19(7-5-18)8-9-20-10-12-21(13-11-20)14-15-22-16-17-23(25(28)24(22)27)32-26(29,30)31/h4-7,10-13,16-17H,2-3H2,1H3. The minimum absolute atomic E-state index is 0.382. The van der Waals surface area contributed by atoms with Crippen molar-refractivity contribution in [2.75, 3.05) is 0 Å². The number of hydrogen-bond donors (Lipinski definition) is 0. The first kappa shape index (κ1) is 22.9. The summed E-state index contributed by atoms with van der Waals surface area (Å²) in [5, 5.41) is 0. The smallest absolute Gasteiger partial charge is 0.403 e. The Kier molecular flexibility index (Phi) is 7.18. The van der Waals surface area contributed by atoms with Crippen LogP contribution in [0.4, 0.5) is 22.0 Å². The number of rotatable bonds is 3. The maximum absolute atomic E-state index is 14.0. The zero-order chi connectivity index (χ0) is 23.1. The Morgan fingerprint density at radius 2 is 1.19 bits per heavy atom. The molecule has 0 aliphatic carbocycles. The zero-order valence-corrected chi connectivity index (χ0v) is 17.0. The first-order chi connectivity index (χ1) is 15.2. The summed E-state index contributed by atoms with van der Waals surface area (Å²) in [7, 11) is 0. The van der Waals surface area contributed by atoms with Gasteiger partial charge in [0.2, 0.25) is 5.82 Å². The second-order valence-corrected chi connectivity index (χ2v) is 6.81. The van der Waals surface area contributed by atoms with Crippen LogP contribution in [0.3, 0.4) is 0 Å². The molecule has 0 bridgehead atoms. The number of benzene rings is 3. The first-order valence-corrected chi connectivity index (χ1v) is 9.72. The van der Waals surface area contributed by atoms with Gasteiger partial charge in [0.15, 0.2) is 11.6 Å². The van der Waals surface area contributed by atoms with Gasteiger partial charge in [-0.05, 0) is 60.5 Å². The summed E-state index contributed by atoms with van der Waals surface area (Å²) < 4.78 is 67.8. The molecule has 0 atom stereocenters. The van der Waals surface area contributed by atoms with Gasteiger partial charge in [-0.3, -0.25) is 0 Å². The van der Waals surface area contributed by atoms with Gasteiger partial charge in [-0.2, -0.15) is 4.39 Å². The molecule has 3 aromatic rings. The van der Waals surface area contributed by atoms with Gasteiger partial charge in [0.05, 0.1) is 5.56 Å². The molecule has 3 aromatic carbocycles. The number of hydrogen-bond acceptors (Lipinski definition) is 1. The van der Waals surface area contributed by atoms with Crippen LogP contribution in [-0.2, 0) is 6.42 Å². The largest absolute Gasteiger partial charge is 0.573 e. The van der Waals surface area contributed by atoms with E-state index in [2.05, 4.69) is 47.5 Å². The van der Waals surface area contributed by atoms with Crippen molar-refractivity contribution in [3.8, 4) is 29.4 Å². The third kappa shape index (κ3) is 6.36. The van der Waals surface area contributed by atoms with E-state index in [1.165, 1.54) is 5.56 Å². The highest BCUT2D eigenvalue weighted by molar-refractivity contribution is 5.49. The highest BCUT2D eigenvalue weighted by Gasteiger charge is 2.33. The number of ether oxygens (including phenoxy) is 1. The summed E-state index contributed by atoms with van der Waals surface area (Å²) in [5.41, 5.74) is 3.03. The van der Waals surface area contributed by atoms with Gasteiger partial charge in [0.1, 0.15) is 0 Å². The van der Waals surface area contributed by atoms with Crippen molar-refractivity contribution in [2.45, 2.75) is 26.1 Å². The molecule has 6 heteroatoms. The summed E-state index contributed by atoms with van der Waals surface area (Å²) in [6.07, 6.45) is -3.01. The predicted molar refractivity (Wildman–Crippen MR) is 112 cm³/mol. The molecule has 162 valence electrons. The quantitative estimate of drug-likeness (QED) is 0.329. The molecule has 0 saturated carbocycles. The van der Waals surface area contributed by atoms with Crippen molar-refractivity contribution < 1.29 is 26.7 Å². The normalized spacial score (nSPS) is 10.6. The van der Waals surface area contributed by atoms with E-state index in [0.29, 0.717) is 11.6 Å². The van der Waals surface area contributed by atoms with Gasteiger partial charge in [-0.1, -0.05) is 49.2 Å². The summed E-state index contributed by atoms with van der Waals surface area (Å²) in [4.78, 5) is 0. The van der Waals surface area contributed by atoms with Crippen LogP contribution < -0.4 is 4.74 Å². The molecule has 1 nitrogen and oxygen atoms in total. The van der Waals surface area contributed by atoms with Gasteiger partial charge in [0, 0.05) is 16.7 Å². The molecule has 0 N–H and O–H groups in total. The fraction of sp³-hybridized carbons (Fsp3) is 0.154. The predicted octanol–water partition coefficient (Wildman–Crippen LogP) is 6.62. The third-order valence-electron chi connectivity index (χ3n) is 4.34.